The molecule has 1 fully saturated rings. The number of para-hydroxylation sites is 1. The van der Waals surface area contributed by atoms with Gasteiger partial charge in [-0.2, -0.15) is 0 Å². The quantitative estimate of drug-likeness (QED) is 0.802. The predicted octanol–water partition coefficient (Wildman–Crippen LogP) is 1.95. The lowest BCUT2D eigenvalue weighted by molar-refractivity contribution is 0.191. The molecule has 1 aromatic heterocycles. The molecule has 3 rings (SSSR count). The first-order chi connectivity index (χ1) is 12.8. The van der Waals surface area contributed by atoms with Crippen molar-refractivity contribution in [2.24, 2.45) is 0 Å². The second kappa shape index (κ2) is 9.03. The Bertz CT molecular complexity index is 702. The van der Waals surface area contributed by atoms with Crippen LogP contribution in [0.3, 0.4) is 0 Å². The topological polar surface area (TPSA) is 70.6 Å². The molecule has 7 heteroatoms. The van der Waals surface area contributed by atoms with Gasteiger partial charge in [-0.3, -0.25) is 0 Å². The van der Waals surface area contributed by atoms with Gasteiger partial charge in [-0.15, -0.1) is 0 Å². The molecule has 0 radical (unpaired) electrons. The molecule has 7 nitrogen and oxygen atoms in total. The van der Waals surface area contributed by atoms with Crippen molar-refractivity contribution in [1.29, 1.82) is 0 Å². The van der Waals surface area contributed by atoms with Crippen LogP contribution >= 0.6 is 0 Å². The lowest BCUT2D eigenvalue weighted by Crippen LogP contribution is -2.52. The van der Waals surface area contributed by atoms with Crippen LogP contribution in [-0.2, 0) is 6.42 Å². The molecule has 26 heavy (non-hydrogen) atoms. The number of nitrogens with one attached hydrogen (secondary N) is 1. The summed E-state index contributed by atoms with van der Waals surface area (Å²) >= 11 is 0. The number of piperazine rings is 1. The number of amides is 2. The van der Waals surface area contributed by atoms with E-state index in [0.717, 1.165) is 31.2 Å². The van der Waals surface area contributed by atoms with Gasteiger partial charge in [0.15, 0.2) is 0 Å². The number of urea groups is 1. The Balaban J connectivity index is 1.38. The minimum absolute atomic E-state index is 0.0500. The molecule has 1 aliphatic rings. The summed E-state index contributed by atoms with van der Waals surface area (Å²) < 4.78 is 5.78. The van der Waals surface area contributed by atoms with Crippen molar-refractivity contribution < 1.29 is 9.53 Å². The number of rotatable bonds is 6. The molecule has 0 spiro atoms. The molecule has 1 saturated heterocycles. The number of hydrogen-bond acceptors (Lipinski definition) is 5. The zero-order valence-corrected chi connectivity index (χ0v) is 15.1. The Labute approximate surface area is 154 Å². The molecule has 0 bridgehead atoms. The maximum Gasteiger partial charge on any atom is 0.317 e. The number of carbonyl (C=O) groups excluding carboxylic acids is 1. The minimum Gasteiger partial charge on any atom is -0.491 e. The number of aryl methyl sites for hydroxylation is 1. The van der Waals surface area contributed by atoms with E-state index in [-0.39, 0.29) is 6.03 Å². The number of aromatic nitrogens is 2. The molecule has 2 heterocycles. The van der Waals surface area contributed by atoms with Crippen LogP contribution in [0.4, 0.5) is 10.7 Å². The Kier molecular flexibility index (Phi) is 6.24. The molecule has 0 saturated carbocycles. The summed E-state index contributed by atoms with van der Waals surface area (Å²) in [7, 11) is 0. The van der Waals surface area contributed by atoms with Gasteiger partial charge in [0.2, 0.25) is 5.95 Å². The highest BCUT2D eigenvalue weighted by Gasteiger charge is 2.22. The number of hydrogen-bond donors (Lipinski definition) is 1. The van der Waals surface area contributed by atoms with Crippen LogP contribution in [0.25, 0.3) is 0 Å². The number of carbonyl (C=O) groups is 1. The summed E-state index contributed by atoms with van der Waals surface area (Å²) in [6.45, 7) is 5.83. The van der Waals surface area contributed by atoms with Gasteiger partial charge >= 0.3 is 6.03 Å². The molecule has 0 unspecified atom stereocenters. The van der Waals surface area contributed by atoms with Gasteiger partial charge in [0.1, 0.15) is 12.4 Å². The first kappa shape index (κ1) is 18.0. The molecule has 1 aliphatic heterocycles. The van der Waals surface area contributed by atoms with Crippen molar-refractivity contribution in [3.8, 4) is 5.75 Å². The van der Waals surface area contributed by atoms with Crippen molar-refractivity contribution in [2.75, 3.05) is 44.2 Å². The SMILES string of the molecule is CCc1ccccc1OCCNC(=O)N1CCN(c2ncccn2)CC1. The minimum atomic E-state index is -0.0500. The number of benzene rings is 1. The number of anilines is 1. The lowest BCUT2D eigenvalue weighted by atomic mass is 10.1. The van der Waals surface area contributed by atoms with Gasteiger partial charge in [0.05, 0.1) is 6.54 Å². The molecule has 1 N–H and O–H groups in total. The zero-order valence-electron chi connectivity index (χ0n) is 15.1. The third-order valence-electron chi connectivity index (χ3n) is 4.39. The largest absolute Gasteiger partial charge is 0.491 e. The summed E-state index contributed by atoms with van der Waals surface area (Å²) in [6.07, 6.45) is 4.40. The third kappa shape index (κ3) is 4.62. The Morgan fingerprint density at radius 1 is 1.12 bits per heavy atom. The summed E-state index contributed by atoms with van der Waals surface area (Å²) in [5, 5.41) is 2.93. The lowest BCUT2D eigenvalue weighted by Gasteiger charge is -2.34. The Morgan fingerprint density at radius 3 is 2.58 bits per heavy atom. The fraction of sp³-hybridized carbons (Fsp3) is 0.421. The van der Waals surface area contributed by atoms with E-state index in [1.807, 2.05) is 23.1 Å². The molecule has 2 amide bonds. The number of nitrogens with zero attached hydrogens (tertiary/aromatic N) is 4. The maximum atomic E-state index is 12.3. The normalized spacial score (nSPS) is 14.2. The van der Waals surface area contributed by atoms with Crippen molar-refractivity contribution in [1.82, 2.24) is 20.2 Å². The van der Waals surface area contributed by atoms with E-state index in [0.29, 0.717) is 26.2 Å². The standard InChI is InChI=1S/C19H25N5O2/c1-2-16-6-3-4-7-17(16)26-15-10-22-19(25)24-13-11-23(12-14-24)18-20-8-5-9-21-18/h3-9H,2,10-15H2,1H3,(H,22,25). The van der Waals surface area contributed by atoms with Gasteiger partial charge in [0.25, 0.3) is 0 Å². The second-order valence-electron chi connectivity index (χ2n) is 6.06. The summed E-state index contributed by atoms with van der Waals surface area (Å²) in [5.41, 5.74) is 1.18. The Hall–Kier alpha value is -2.83. The van der Waals surface area contributed by atoms with Gasteiger partial charge in [0, 0.05) is 38.6 Å². The fourth-order valence-electron chi connectivity index (χ4n) is 2.93. The van der Waals surface area contributed by atoms with Crippen LogP contribution in [0.5, 0.6) is 5.75 Å². The first-order valence-corrected chi connectivity index (χ1v) is 9.03. The summed E-state index contributed by atoms with van der Waals surface area (Å²) in [5.74, 6) is 1.61. The van der Waals surface area contributed by atoms with Gasteiger partial charge in [-0.05, 0) is 24.1 Å². The molecular formula is C19H25N5O2. The van der Waals surface area contributed by atoms with Gasteiger partial charge in [-0.25, -0.2) is 14.8 Å². The van der Waals surface area contributed by atoms with Crippen LogP contribution < -0.4 is 15.0 Å². The fourth-order valence-corrected chi connectivity index (χ4v) is 2.93. The summed E-state index contributed by atoms with van der Waals surface area (Å²) in [6, 6.07) is 9.74. The molecular weight excluding hydrogens is 330 g/mol. The summed E-state index contributed by atoms with van der Waals surface area (Å²) in [4.78, 5) is 24.7. The molecule has 0 aliphatic carbocycles. The second-order valence-corrected chi connectivity index (χ2v) is 6.06. The number of ether oxygens (including phenoxy) is 1. The van der Waals surface area contributed by atoms with Crippen LogP contribution in [0.15, 0.2) is 42.7 Å². The Morgan fingerprint density at radius 2 is 1.85 bits per heavy atom. The van der Waals surface area contributed by atoms with E-state index in [4.69, 9.17) is 4.74 Å². The van der Waals surface area contributed by atoms with Crippen molar-refractivity contribution in [2.45, 2.75) is 13.3 Å². The first-order valence-electron chi connectivity index (χ1n) is 9.03. The van der Waals surface area contributed by atoms with Crippen molar-refractivity contribution in [3.05, 3.63) is 48.3 Å². The van der Waals surface area contributed by atoms with Crippen LogP contribution in [-0.4, -0.2) is 60.2 Å². The molecule has 2 aromatic rings. The van der Waals surface area contributed by atoms with Crippen LogP contribution in [0.1, 0.15) is 12.5 Å². The third-order valence-corrected chi connectivity index (χ3v) is 4.39. The van der Waals surface area contributed by atoms with E-state index in [2.05, 4.69) is 33.2 Å². The monoisotopic (exact) mass is 355 g/mol. The van der Waals surface area contributed by atoms with Gasteiger partial charge in [-0.1, -0.05) is 25.1 Å². The van der Waals surface area contributed by atoms with E-state index >= 15 is 0 Å². The average molecular weight is 355 g/mol. The van der Waals surface area contributed by atoms with Gasteiger partial charge < -0.3 is 19.9 Å². The highest BCUT2D eigenvalue weighted by atomic mass is 16.5. The van der Waals surface area contributed by atoms with E-state index in [1.54, 1.807) is 18.5 Å². The molecule has 1 aromatic carbocycles. The predicted molar refractivity (Wildman–Crippen MR) is 101 cm³/mol. The molecule has 0 atom stereocenters. The average Bonchev–Trinajstić information content (AvgIpc) is 2.72. The smallest absolute Gasteiger partial charge is 0.317 e. The van der Waals surface area contributed by atoms with Crippen molar-refractivity contribution in [3.63, 3.8) is 0 Å². The van der Waals surface area contributed by atoms with Crippen LogP contribution in [0.2, 0.25) is 0 Å². The zero-order chi connectivity index (χ0) is 18.2. The highest BCUT2D eigenvalue weighted by Crippen LogP contribution is 2.17. The molecule has 138 valence electrons. The van der Waals surface area contributed by atoms with E-state index in [9.17, 15) is 4.79 Å². The van der Waals surface area contributed by atoms with E-state index in [1.165, 1.54) is 5.56 Å². The van der Waals surface area contributed by atoms with Crippen LogP contribution in [0, 0.1) is 0 Å². The maximum absolute atomic E-state index is 12.3. The van der Waals surface area contributed by atoms with E-state index < -0.39 is 0 Å². The van der Waals surface area contributed by atoms with Crippen molar-refractivity contribution >= 4 is 12.0 Å². The highest BCUT2D eigenvalue weighted by molar-refractivity contribution is 5.74.